The van der Waals surface area contributed by atoms with Crippen LogP contribution >= 0.6 is 0 Å². The van der Waals surface area contributed by atoms with Gasteiger partial charge in [0, 0.05) is 49.8 Å². The van der Waals surface area contributed by atoms with Gasteiger partial charge in [-0.1, -0.05) is 0 Å². The Morgan fingerprint density at radius 1 is 1.31 bits per heavy atom. The first-order valence-corrected chi connectivity index (χ1v) is 9.17. The molecule has 2 aromatic heterocycles. The van der Waals surface area contributed by atoms with Gasteiger partial charge in [-0.25, -0.2) is 14.8 Å². The molecule has 4 N–H and O–H groups in total. The van der Waals surface area contributed by atoms with Crippen molar-refractivity contribution in [2.75, 3.05) is 13.1 Å². The number of aromatic nitrogens is 4. The summed E-state index contributed by atoms with van der Waals surface area (Å²) >= 11 is 0. The van der Waals surface area contributed by atoms with E-state index < -0.39 is 0 Å². The summed E-state index contributed by atoms with van der Waals surface area (Å²) in [5, 5.41) is 16.8. The van der Waals surface area contributed by atoms with E-state index in [9.17, 15) is 4.79 Å². The molecule has 1 aliphatic heterocycles. The number of amides is 2. The molecule has 0 aliphatic carbocycles. The first-order chi connectivity index (χ1) is 14.0. The summed E-state index contributed by atoms with van der Waals surface area (Å²) in [6.45, 7) is 5.66. The van der Waals surface area contributed by atoms with Gasteiger partial charge in [-0.3, -0.25) is 9.59 Å². The Morgan fingerprint density at radius 3 is 2.59 bits per heavy atom. The molecule has 160 valence electrons. The molecule has 1 aliphatic rings. The molecule has 2 aromatic rings. The minimum Gasteiger partial charge on any atom is -0.483 e. The second-order valence-electron chi connectivity index (χ2n) is 6.47. The van der Waals surface area contributed by atoms with Gasteiger partial charge in [-0.2, -0.15) is 0 Å². The van der Waals surface area contributed by atoms with Crippen molar-refractivity contribution >= 4 is 19.0 Å². The van der Waals surface area contributed by atoms with Crippen LogP contribution in [0.25, 0.3) is 0 Å². The van der Waals surface area contributed by atoms with Crippen LogP contribution in [0.4, 0.5) is 4.79 Å². The van der Waals surface area contributed by atoms with Crippen LogP contribution in [0.15, 0.2) is 24.8 Å². The molecule has 0 bridgehead atoms. The summed E-state index contributed by atoms with van der Waals surface area (Å²) in [6.07, 6.45) is 9.38. The summed E-state index contributed by atoms with van der Waals surface area (Å²) < 4.78 is 2.07. The largest absolute Gasteiger partial charge is 0.483 e. The van der Waals surface area contributed by atoms with Gasteiger partial charge >= 0.3 is 6.03 Å². The third-order valence-corrected chi connectivity index (χ3v) is 4.32. The van der Waals surface area contributed by atoms with Crippen LogP contribution in [0.3, 0.4) is 0 Å². The van der Waals surface area contributed by atoms with Crippen LogP contribution in [0.2, 0.25) is 0 Å². The fourth-order valence-corrected chi connectivity index (χ4v) is 3.10. The monoisotopic (exact) mass is 408 g/mol. The number of nitrogens with zero attached hydrogens (tertiary/aromatic N) is 4. The van der Waals surface area contributed by atoms with Crippen LogP contribution in [0.1, 0.15) is 50.3 Å². The van der Waals surface area contributed by atoms with Crippen molar-refractivity contribution in [3.63, 3.8) is 0 Å². The van der Waals surface area contributed by atoms with E-state index in [1.54, 1.807) is 12.4 Å². The number of hydrogen-bond donors (Lipinski definition) is 4. The van der Waals surface area contributed by atoms with E-state index >= 15 is 0 Å². The third-order valence-electron chi connectivity index (χ3n) is 4.32. The van der Waals surface area contributed by atoms with Gasteiger partial charge < -0.3 is 30.0 Å². The van der Waals surface area contributed by atoms with Crippen LogP contribution < -0.4 is 5.32 Å². The average molecular weight is 408 g/mol. The van der Waals surface area contributed by atoms with Crippen molar-refractivity contribution in [1.82, 2.24) is 29.7 Å². The fourth-order valence-electron chi connectivity index (χ4n) is 3.10. The normalized spacial score (nSPS) is 15.4. The van der Waals surface area contributed by atoms with Gasteiger partial charge in [0.15, 0.2) is 0 Å². The molecule has 3 rings (SSSR count). The minimum absolute atomic E-state index is 0.0282. The van der Waals surface area contributed by atoms with E-state index in [0.717, 1.165) is 31.0 Å². The van der Waals surface area contributed by atoms with Crippen molar-refractivity contribution in [2.24, 2.45) is 0 Å². The van der Waals surface area contributed by atoms with Gasteiger partial charge in [-0.05, 0) is 26.7 Å². The highest BCUT2D eigenvalue weighted by Gasteiger charge is 2.26. The van der Waals surface area contributed by atoms with Gasteiger partial charge in [0.2, 0.25) is 0 Å². The zero-order valence-electron chi connectivity index (χ0n) is 16.6. The van der Waals surface area contributed by atoms with Crippen molar-refractivity contribution in [3.05, 3.63) is 36.4 Å². The maximum Gasteiger partial charge on any atom is 0.317 e. The molecule has 0 aromatic carbocycles. The van der Waals surface area contributed by atoms with Crippen molar-refractivity contribution in [1.29, 1.82) is 0 Å². The summed E-state index contributed by atoms with van der Waals surface area (Å²) in [4.78, 5) is 42.8. The zero-order chi connectivity index (χ0) is 21.6. The predicted molar refractivity (Wildman–Crippen MR) is 104 cm³/mol. The molecular weight excluding hydrogens is 380 g/mol. The minimum atomic E-state index is -0.250. The Morgan fingerprint density at radius 2 is 2.00 bits per heavy atom. The molecule has 11 heteroatoms. The fraction of sp³-hybridized carbons (Fsp3) is 0.500. The lowest BCUT2D eigenvalue weighted by molar-refractivity contribution is -0.123. The predicted octanol–water partition coefficient (Wildman–Crippen LogP) is 1.68. The Hall–Kier alpha value is -3.37. The highest BCUT2D eigenvalue weighted by molar-refractivity contribution is 5.74. The van der Waals surface area contributed by atoms with E-state index in [-0.39, 0.29) is 19.0 Å². The van der Waals surface area contributed by atoms with Gasteiger partial charge in [0.05, 0.1) is 6.54 Å². The number of likely N-dealkylation sites (tertiary alicyclic amines) is 1. The molecule has 0 saturated carbocycles. The number of nitrogens with one attached hydrogen (secondary N) is 2. The van der Waals surface area contributed by atoms with Crippen molar-refractivity contribution < 1.29 is 24.6 Å². The smallest absolute Gasteiger partial charge is 0.317 e. The van der Waals surface area contributed by atoms with Gasteiger partial charge in [0.25, 0.3) is 12.9 Å². The van der Waals surface area contributed by atoms with E-state index in [1.165, 1.54) is 0 Å². The number of piperidine rings is 1. The Balaban J connectivity index is 0.000000626. The summed E-state index contributed by atoms with van der Waals surface area (Å²) in [6, 6.07) is 0.308. The van der Waals surface area contributed by atoms with E-state index in [0.29, 0.717) is 25.0 Å². The number of hydrogen-bond acceptors (Lipinski definition) is 5. The molecule has 3 heterocycles. The van der Waals surface area contributed by atoms with Gasteiger partial charge in [-0.15, -0.1) is 0 Å². The number of imidazole rings is 2. The molecule has 0 radical (unpaired) electrons. The highest BCUT2D eigenvalue weighted by Crippen LogP contribution is 2.24. The lowest BCUT2D eigenvalue weighted by Crippen LogP contribution is -2.45. The molecule has 1 unspecified atom stereocenters. The Bertz CT molecular complexity index is 725. The second kappa shape index (κ2) is 12.9. The molecular formula is C18H28N6O5. The van der Waals surface area contributed by atoms with E-state index in [4.69, 9.17) is 19.8 Å². The topological polar surface area (TPSA) is 153 Å². The van der Waals surface area contributed by atoms with Crippen LogP contribution in [-0.2, 0) is 16.1 Å². The Labute approximate surface area is 168 Å². The standard InChI is InChI=1S/C16H24N6O.2CH2O2/c1-12(2)22-9-7-17-14(22)10-20-16(23)21-8-3-4-13(11-21)15-18-5-6-19-15;2*2-1-3/h5-7,9,12-13H,3-4,8,10-11H2,1-2H3,(H,18,19)(H,20,23);2*1H,(H,2,3). The molecule has 29 heavy (non-hydrogen) atoms. The highest BCUT2D eigenvalue weighted by atomic mass is 16.3. The number of carbonyl (C=O) groups is 3. The molecule has 1 saturated heterocycles. The number of carboxylic acid groups (broad SMARTS) is 2. The molecule has 2 amide bonds. The molecule has 1 atom stereocenters. The Kier molecular flexibility index (Phi) is 10.5. The molecule has 11 nitrogen and oxygen atoms in total. The number of urea groups is 1. The van der Waals surface area contributed by atoms with Gasteiger partial charge in [0.1, 0.15) is 11.6 Å². The maximum absolute atomic E-state index is 12.4. The number of carbonyl (C=O) groups excluding carboxylic acids is 1. The number of aromatic amines is 1. The number of rotatable bonds is 4. The number of H-pyrrole nitrogens is 1. The van der Waals surface area contributed by atoms with E-state index in [1.807, 2.05) is 17.3 Å². The van der Waals surface area contributed by atoms with E-state index in [2.05, 4.69) is 38.7 Å². The van der Waals surface area contributed by atoms with Crippen molar-refractivity contribution in [2.45, 2.75) is 45.2 Å². The first kappa shape index (κ1) is 23.7. The third kappa shape index (κ3) is 7.64. The summed E-state index contributed by atoms with van der Waals surface area (Å²) in [7, 11) is 0. The maximum atomic E-state index is 12.4. The lowest BCUT2D eigenvalue weighted by Gasteiger charge is -2.31. The molecule has 0 spiro atoms. The van der Waals surface area contributed by atoms with Crippen LogP contribution in [-0.4, -0.2) is 66.7 Å². The van der Waals surface area contributed by atoms with Crippen LogP contribution in [0, 0.1) is 0 Å². The second-order valence-corrected chi connectivity index (χ2v) is 6.47. The zero-order valence-corrected chi connectivity index (χ0v) is 16.6. The summed E-state index contributed by atoms with van der Waals surface area (Å²) in [5.74, 6) is 2.15. The lowest BCUT2D eigenvalue weighted by atomic mass is 9.98. The first-order valence-electron chi connectivity index (χ1n) is 9.17. The average Bonchev–Trinajstić information content (AvgIpc) is 3.39. The molecule has 1 fully saturated rings. The summed E-state index contributed by atoms with van der Waals surface area (Å²) in [5.41, 5.74) is 0. The SMILES string of the molecule is CC(C)n1ccnc1CNC(=O)N1CCCC(c2ncc[nH]2)C1.O=CO.O=CO. The van der Waals surface area contributed by atoms with Crippen molar-refractivity contribution in [3.8, 4) is 0 Å². The quantitative estimate of drug-likeness (QED) is 0.561. The van der Waals surface area contributed by atoms with Crippen LogP contribution in [0.5, 0.6) is 0 Å².